The fourth-order valence-corrected chi connectivity index (χ4v) is 2.40. The molecule has 0 saturated carbocycles. The third kappa shape index (κ3) is 2.77. The van der Waals surface area contributed by atoms with Gasteiger partial charge in [0.15, 0.2) is 0 Å². The highest BCUT2D eigenvalue weighted by Crippen LogP contribution is 2.16. The topological polar surface area (TPSA) is 34.9 Å². The zero-order valence-corrected chi connectivity index (χ0v) is 12.4. The zero-order chi connectivity index (χ0) is 15.4. The summed E-state index contributed by atoms with van der Waals surface area (Å²) in [5.41, 5.74) is 2.48. The van der Waals surface area contributed by atoms with Crippen LogP contribution in [-0.4, -0.2) is 15.5 Å². The molecule has 0 amide bonds. The van der Waals surface area contributed by atoms with Gasteiger partial charge in [0.05, 0.1) is 11.0 Å². The summed E-state index contributed by atoms with van der Waals surface area (Å²) in [6.07, 6.45) is 1.69. The van der Waals surface area contributed by atoms with Crippen LogP contribution in [0.5, 0.6) is 0 Å². The van der Waals surface area contributed by atoms with Gasteiger partial charge in [0.25, 0.3) is 0 Å². The molecular weight excluding hydrogens is 272 g/mol. The summed E-state index contributed by atoms with van der Waals surface area (Å²) in [5, 5.41) is 0. The number of nitrogens with zero attached hydrogens (tertiary/aromatic N) is 2. The standard InChI is InChI=1S/C19H16N2O/c1-2-8-18-20-16-11-6-7-12-17(16)21(18)19(22)14-13-15-9-4-3-5-10-15/h3-7,9-12H,2,8H2,1H3. The Morgan fingerprint density at radius 1 is 1.09 bits per heavy atom. The van der Waals surface area contributed by atoms with Crippen LogP contribution in [-0.2, 0) is 6.42 Å². The smallest absolute Gasteiger partial charge is 0.258 e. The van der Waals surface area contributed by atoms with Crippen LogP contribution in [0.1, 0.15) is 29.5 Å². The highest BCUT2D eigenvalue weighted by molar-refractivity contribution is 6.01. The molecule has 0 saturated heterocycles. The summed E-state index contributed by atoms with van der Waals surface area (Å²) in [4.78, 5) is 17.1. The molecule has 0 fully saturated rings. The largest absolute Gasteiger partial charge is 0.308 e. The molecule has 3 heteroatoms. The third-order valence-electron chi connectivity index (χ3n) is 3.39. The van der Waals surface area contributed by atoms with E-state index in [0.29, 0.717) is 0 Å². The number of aryl methyl sites for hydroxylation is 1. The number of fused-ring (bicyclic) bond motifs is 1. The lowest BCUT2D eigenvalue weighted by molar-refractivity contribution is 0.0981. The van der Waals surface area contributed by atoms with E-state index in [0.717, 1.165) is 35.3 Å². The van der Waals surface area contributed by atoms with Crippen molar-refractivity contribution in [2.75, 3.05) is 0 Å². The number of para-hydroxylation sites is 2. The molecule has 0 N–H and O–H groups in total. The molecule has 0 unspecified atom stereocenters. The molecule has 0 radical (unpaired) electrons. The Morgan fingerprint density at radius 3 is 2.59 bits per heavy atom. The molecule has 1 heterocycles. The van der Waals surface area contributed by atoms with Crippen molar-refractivity contribution < 1.29 is 4.79 Å². The van der Waals surface area contributed by atoms with Crippen LogP contribution in [0.25, 0.3) is 11.0 Å². The van der Waals surface area contributed by atoms with Gasteiger partial charge >= 0.3 is 5.91 Å². The molecule has 1 aromatic heterocycles. The van der Waals surface area contributed by atoms with Crippen LogP contribution >= 0.6 is 0 Å². The number of benzene rings is 2. The summed E-state index contributed by atoms with van der Waals surface area (Å²) < 4.78 is 1.63. The fourth-order valence-electron chi connectivity index (χ4n) is 2.40. The van der Waals surface area contributed by atoms with Gasteiger partial charge < -0.3 is 0 Å². The summed E-state index contributed by atoms with van der Waals surface area (Å²) in [5.74, 6) is 6.18. The van der Waals surface area contributed by atoms with Gasteiger partial charge in [-0.3, -0.25) is 9.36 Å². The first-order valence-electron chi connectivity index (χ1n) is 7.37. The minimum absolute atomic E-state index is 0.235. The first-order chi connectivity index (χ1) is 10.8. The molecule has 0 aliphatic rings. The lowest BCUT2D eigenvalue weighted by Gasteiger charge is -2.02. The van der Waals surface area contributed by atoms with E-state index in [2.05, 4.69) is 23.7 Å². The second-order valence-corrected chi connectivity index (χ2v) is 5.02. The number of hydrogen-bond donors (Lipinski definition) is 0. The molecule has 0 aliphatic heterocycles. The van der Waals surface area contributed by atoms with Gasteiger partial charge in [-0.2, -0.15) is 0 Å². The van der Waals surface area contributed by atoms with Gasteiger partial charge in [-0.1, -0.05) is 43.2 Å². The second-order valence-electron chi connectivity index (χ2n) is 5.02. The Labute approximate surface area is 129 Å². The van der Waals surface area contributed by atoms with Gasteiger partial charge in [-0.15, -0.1) is 0 Å². The molecule has 3 nitrogen and oxygen atoms in total. The lowest BCUT2D eigenvalue weighted by atomic mass is 10.2. The van der Waals surface area contributed by atoms with Gasteiger partial charge in [-0.25, -0.2) is 4.98 Å². The van der Waals surface area contributed by atoms with Gasteiger partial charge in [0.1, 0.15) is 5.82 Å². The Hall–Kier alpha value is -2.86. The molecule has 3 rings (SSSR count). The SMILES string of the molecule is CCCc1nc2ccccc2n1C(=O)C#Cc1ccccc1. The lowest BCUT2D eigenvalue weighted by Crippen LogP contribution is -2.12. The fraction of sp³-hybridized carbons (Fsp3) is 0.158. The summed E-state index contributed by atoms with van der Waals surface area (Å²) >= 11 is 0. The molecule has 3 aromatic rings. The van der Waals surface area contributed by atoms with Crippen molar-refractivity contribution in [1.29, 1.82) is 0 Å². The van der Waals surface area contributed by atoms with Crippen molar-refractivity contribution >= 4 is 16.9 Å². The zero-order valence-electron chi connectivity index (χ0n) is 12.4. The van der Waals surface area contributed by atoms with E-state index >= 15 is 0 Å². The van der Waals surface area contributed by atoms with Gasteiger partial charge in [0.2, 0.25) is 0 Å². The minimum Gasteiger partial charge on any atom is -0.258 e. The molecule has 0 aliphatic carbocycles. The predicted octanol–water partition coefficient (Wildman–Crippen LogP) is 3.68. The predicted molar refractivity (Wildman–Crippen MR) is 87.7 cm³/mol. The Bertz CT molecular complexity index is 867. The summed E-state index contributed by atoms with van der Waals surface area (Å²) in [6, 6.07) is 17.2. The van der Waals surface area contributed by atoms with Crippen LogP contribution in [0.2, 0.25) is 0 Å². The quantitative estimate of drug-likeness (QED) is 0.674. The van der Waals surface area contributed by atoms with Crippen molar-refractivity contribution in [3.63, 3.8) is 0 Å². The highest BCUT2D eigenvalue weighted by atomic mass is 16.1. The number of aromatic nitrogens is 2. The molecule has 22 heavy (non-hydrogen) atoms. The van der Waals surface area contributed by atoms with Crippen LogP contribution in [0.15, 0.2) is 54.6 Å². The maximum Gasteiger partial charge on any atom is 0.308 e. The number of carbonyl (C=O) groups is 1. The number of carbonyl (C=O) groups excluding carboxylic acids is 1. The summed E-state index contributed by atoms with van der Waals surface area (Å²) in [7, 11) is 0. The van der Waals surface area contributed by atoms with Crippen LogP contribution in [0, 0.1) is 11.8 Å². The van der Waals surface area contributed by atoms with Crippen molar-refractivity contribution in [3.8, 4) is 11.8 Å². The maximum absolute atomic E-state index is 12.5. The average molecular weight is 288 g/mol. The van der Waals surface area contributed by atoms with E-state index in [9.17, 15) is 4.79 Å². The van der Waals surface area contributed by atoms with Crippen LogP contribution in [0.4, 0.5) is 0 Å². The molecule has 0 atom stereocenters. The van der Waals surface area contributed by atoms with Crippen LogP contribution < -0.4 is 0 Å². The number of rotatable bonds is 2. The Balaban J connectivity index is 2.03. The first-order valence-corrected chi connectivity index (χ1v) is 7.37. The highest BCUT2D eigenvalue weighted by Gasteiger charge is 2.14. The monoisotopic (exact) mass is 288 g/mol. The molecule has 2 aromatic carbocycles. The maximum atomic E-state index is 12.5. The van der Waals surface area contributed by atoms with E-state index in [4.69, 9.17) is 0 Å². The van der Waals surface area contributed by atoms with E-state index in [1.165, 1.54) is 0 Å². The normalized spacial score (nSPS) is 10.2. The molecule has 108 valence electrons. The van der Waals surface area contributed by atoms with E-state index < -0.39 is 0 Å². The Kier molecular flexibility index (Phi) is 4.02. The van der Waals surface area contributed by atoms with E-state index in [1.54, 1.807) is 4.57 Å². The van der Waals surface area contributed by atoms with Gasteiger partial charge in [-0.05, 0) is 30.7 Å². The minimum atomic E-state index is -0.235. The molecule has 0 bridgehead atoms. The van der Waals surface area contributed by atoms with Crippen molar-refractivity contribution in [3.05, 3.63) is 66.0 Å². The number of imidazole rings is 1. The van der Waals surface area contributed by atoms with Crippen molar-refractivity contribution in [2.24, 2.45) is 0 Å². The first kappa shape index (κ1) is 14.1. The van der Waals surface area contributed by atoms with Crippen molar-refractivity contribution in [1.82, 2.24) is 9.55 Å². The second kappa shape index (κ2) is 6.28. The third-order valence-corrected chi connectivity index (χ3v) is 3.39. The number of hydrogen-bond acceptors (Lipinski definition) is 2. The Morgan fingerprint density at radius 2 is 1.82 bits per heavy atom. The molecular formula is C19H16N2O. The average Bonchev–Trinajstić information content (AvgIpc) is 2.92. The summed E-state index contributed by atoms with van der Waals surface area (Å²) in [6.45, 7) is 2.07. The van der Waals surface area contributed by atoms with E-state index in [1.807, 2.05) is 54.6 Å². The van der Waals surface area contributed by atoms with E-state index in [-0.39, 0.29) is 5.91 Å². The van der Waals surface area contributed by atoms with Crippen molar-refractivity contribution in [2.45, 2.75) is 19.8 Å². The molecule has 0 spiro atoms. The van der Waals surface area contributed by atoms with Gasteiger partial charge in [0, 0.05) is 17.9 Å². The van der Waals surface area contributed by atoms with Crippen LogP contribution in [0.3, 0.4) is 0 Å².